The second-order valence-corrected chi connectivity index (χ2v) is 4.02. The van der Waals surface area contributed by atoms with Crippen molar-refractivity contribution < 1.29 is 4.39 Å². The first-order valence-corrected chi connectivity index (χ1v) is 6.19. The summed E-state index contributed by atoms with van der Waals surface area (Å²) in [7, 11) is 0. The molecule has 2 heterocycles. The van der Waals surface area contributed by atoms with Crippen LogP contribution in [0.1, 0.15) is 18.9 Å². The van der Waals surface area contributed by atoms with Crippen molar-refractivity contribution in [3.8, 4) is 12.3 Å². The minimum absolute atomic E-state index is 0.341. The van der Waals surface area contributed by atoms with Crippen LogP contribution in [0.4, 0.5) is 21.8 Å². The number of anilines is 3. The molecule has 0 aliphatic heterocycles. The molecule has 2 rings (SSSR count). The quantitative estimate of drug-likeness (QED) is 0.646. The van der Waals surface area contributed by atoms with Crippen LogP contribution >= 0.6 is 0 Å². The number of rotatable bonds is 5. The molecule has 0 aliphatic rings. The predicted octanol–water partition coefficient (Wildman–Crippen LogP) is 2.56. The van der Waals surface area contributed by atoms with Crippen LogP contribution in [0.5, 0.6) is 0 Å². The van der Waals surface area contributed by atoms with E-state index in [-0.39, 0.29) is 0 Å². The summed E-state index contributed by atoms with van der Waals surface area (Å²) in [5.74, 6) is 2.88. The third-order valence-corrected chi connectivity index (χ3v) is 2.47. The van der Waals surface area contributed by atoms with Crippen molar-refractivity contribution in [2.45, 2.75) is 13.3 Å². The monoisotopic (exact) mass is 271 g/mol. The van der Waals surface area contributed by atoms with Crippen molar-refractivity contribution in [2.24, 2.45) is 0 Å². The standard InChI is InChI=1S/C14H14FN5/c1-3-6-17-13-10(4-2)9-18-14(20-13)19-11-5-7-16-12(15)8-11/h2,5,7-9H,3,6H2,1H3,(H2,16,17,18,19,20). The molecule has 0 atom stereocenters. The zero-order valence-electron chi connectivity index (χ0n) is 11.0. The Kier molecular flexibility index (Phi) is 4.45. The molecule has 102 valence electrons. The summed E-state index contributed by atoms with van der Waals surface area (Å²) >= 11 is 0. The highest BCUT2D eigenvalue weighted by molar-refractivity contribution is 5.58. The Morgan fingerprint density at radius 1 is 1.40 bits per heavy atom. The van der Waals surface area contributed by atoms with Crippen LogP contribution in [0, 0.1) is 18.3 Å². The van der Waals surface area contributed by atoms with Crippen molar-refractivity contribution in [1.29, 1.82) is 0 Å². The Morgan fingerprint density at radius 3 is 2.95 bits per heavy atom. The highest BCUT2D eigenvalue weighted by Crippen LogP contribution is 2.17. The molecule has 20 heavy (non-hydrogen) atoms. The Morgan fingerprint density at radius 2 is 2.25 bits per heavy atom. The van der Waals surface area contributed by atoms with E-state index in [1.54, 1.807) is 12.3 Å². The molecule has 0 aliphatic carbocycles. The van der Waals surface area contributed by atoms with Crippen LogP contribution in [-0.2, 0) is 0 Å². The number of nitrogens with one attached hydrogen (secondary N) is 2. The maximum Gasteiger partial charge on any atom is 0.229 e. The molecule has 2 aromatic heterocycles. The second kappa shape index (κ2) is 6.48. The van der Waals surface area contributed by atoms with E-state index in [1.807, 2.05) is 6.92 Å². The van der Waals surface area contributed by atoms with Gasteiger partial charge in [0.2, 0.25) is 11.9 Å². The van der Waals surface area contributed by atoms with Crippen LogP contribution in [-0.4, -0.2) is 21.5 Å². The van der Waals surface area contributed by atoms with Gasteiger partial charge in [-0.3, -0.25) is 0 Å². The van der Waals surface area contributed by atoms with Gasteiger partial charge >= 0.3 is 0 Å². The zero-order valence-corrected chi connectivity index (χ0v) is 11.0. The van der Waals surface area contributed by atoms with E-state index in [9.17, 15) is 4.39 Å². The second-order valence-electron chi connectivity index (χ2n) is 4.02. The Balaban J connectivity index is 2.22. The third-order valence-electron chi connectivity index (χ3n) is 2.47. The van der Waals surface area contributed by atoms with Gasteiger partial charge in [0.05, 0.1) is 11.8 Å². The van der Waals surface area contributed by atoms with Gasteiger partial charge in [-0.25, -0.2) is 9.97 Å². The van der Waals surface area contributed by atoms with Gasteiger partial charge in [-0.15, -0.1) is 6.42 Å². The molecular formula is C14H14FN5. The molecule has 0 amide bonds. The minimum Gasteiger partial charge on any atom is -0.369 e. The van der Waals surface area contributed by atoms with E-state index >= 15 is 0 Å². The van der Waals surface area contributed by atoms with Gasteiger partial charge in [0.15, 0.2) is 0 Å². The lowest BCUT2D eigenvalue weighted by Gasteiger charge is -2.09. The molecule has 0 fully saturated rings. The molecule has 2 N–H and O–H groups in total. The van der Waals surface area contributed by atoms with E-state index in [1.165, 1.54) is 12.3 Å². The van der Waals surface area contributed by atoms with Gasteiger partial charge in [0, 0.05) is 24.5 Å². The number of terminal acetylenes is 1. The average molecular weight is 271 g/mol. The van der Waals surface area contributed by atoms with Crippen LogP contribution in [0.15, 0.2) is 24.5 Å². The van der Waals surface area contributed by atoms with Crippen molar-refractivity contribution in [1.82, 2.24) is 15.0 Å². The lowest BCUT2D eigenvalue weighted by Crippen LogP contribution is -2.07. The van der Waals surface area contributed by atoms with Gasteiger partial charge in [0.1, 0.15) is 5.82 Å². The van der Waals surface area contributed by atoms with Gasteiger partial charge in [0.25, 0.3) is 0 Å². The molecule has 5 nitrogen and oxygen atoms in total. The van der Waals surface area contributed by atoms with Crippen LogP contribution in [0.3, 0.4) is 0 Å². The maximum absolute atomic E-state index is 13.0. The third kappa shape index (κ3) is 3.42. The molecule has 0 spiro atoms. The summed E-state index contributed by atoms with van der Waals surface area (Å²) in [6, 6.07) is 2.89. The van der Waals surface area contributed by atoms with Crippen molar-refractivity contribution in [3.63, 3.8) is 0 Å². The fraction of sp³-hybridized carbons (Fsp3) is 0.214. The summed E-state index contributed by atoms with van der Waals surface area (Å²) in [5.41, 5.74) is 1.11. The molecule has 0 unspecified atom stereocenters. The van der Waals surface area contributed by atoms with Gasteiger partial charge in [-0.05, 0) is 12.5 Å². The van der Waals surface area contributed by atoms with Crippen LogP contribution in [0.25, 0.3) is 0 Å². The summed E-state index contributed by atoms with van der Waals surface area (Å²) < 4.78 is 13.0. The number of halogens is 1. The fourth-order valence-electron chi connectivity index (χ4n) is 1.54. The number of nitrogens with zero attached hydrogens (tertiary/aromatic N) is 3. The molecular weight excluding hydrogens is 257 g/mol. The van der Waals surface area contributed by atoms with Crippen LogP contribution < -0.4 is 10.6 Å². The predicted molar refractivity (Wildman–Crippen MR) is 76.2 cm³/mol. The molecule has 6 heteroatoms. The Hall–Kier alpha value is -2.68. The van der Waals surface area contributed by atoms with E-state index in [4.69, 9.17) is 6.42 Å². The lowest BCUT2D eigenvalue weighted by molar-refractivity contribution is 0.584. The highest BCUT2D eigenvalue weighted by Gasteiger charge is 2.06. The zero-order chi connectivity index (χ0) is 14.4. The fourth-order valence-corrected chi connectivity index (χ4v) is 1.54. The molecule has 0 radical (unpaired) electrons. The maximum atomic E-state index is 13.0. The SMILES string of the molecule is C#Cc1cnc(Nc2ccnc(F)c2)nc1NCCC. The number of hydrogen-bond acceptors (Lipinski definition) is 5. The normalized spacial score (nSPS) is 9.85. The van der Waals surface area contributed by atoms with Crippen molar-refractivity contribution >= 4 is 17.5 Å². The van der Waals surface area contributed by atoms with Crippen molar-refractivity contribution in [2.75, 3.05) is 17.2 Å². The van der Waals surface area contributed by atoms with E-state index in [0.29, 0.717) is 23.0 Å². The molecule has 2 aromatic rings. The molecule has 0 saturated heterocycles. The summed E-state index contributed by atoms with van der Waals surface area (Å²) in [4.78, 5) is 11.9. The topological polar surface area (TPSA) is 62.7 Å². The van der Waals surface area contributed by atoms with Crippen LogP contribution in [0.2, 0.25) is 0 Å². The molecule has 0 aromatic carbocycles. The number of hydrogen-bond donors (Lipinski definition) is 2. The summed E-state index contributed by atoms with van der Waals surface area (Å²) in [6.45, 7) is 2.80. The smallest absolute Gasteiger partial charge is 0.229 e. The largest absolute Gasteiger partial charge is 0.369 e. The van der Waals surface area contributed by atoms with E-state index < -0.39 is 5.95 Å². The van der Waals surface area contributed by atoms with Gasteiger partial charge in [-0.2, -0.15) is 9.37 Å². The minimum atomic E-state index is -0.570. The molecule has 0 bridgehead atoms. The average Bonchev–Trinajstić information content (AvgIpc) is 2.45. The lowest BCUT2D eigenvalue weighted by atomic mass is 10.3. The first kappa shape index (κ1) is 13.7. The van der Waals surface area contributed by atoms with E-state index in [0.717, 1.165) is 13.0 Å². The van der Waals surface area contributed by atoms with Gasteiger partial charge < -0.3 is 10.6 Å². The highest BCUT2D eigenvalue weighted by atomic mass is 19.1. The van der Waals surface area contributed by atoms with Crippen molar-refractivity contribution in [3.05, 3.63) is 36.0 Å². The first-order chi connectivity index (χ1) is 9.72. The Labute approximate surface area is 116 Å². The molecule has 0 saturated carbocycles. The first-order valence-electron chi connectivity index (χ1n) is 6.19. The summed E-state index contributed by atoms with van der Waals surface area (Å²) in [5, 5.41) is 6.03. The number of pyridine rings is 1. The van der Waals surface area contributed by atoms with E-state index in [2.05, 4.69) is 31.5 Å². The summed E-state index contributed by atoms with van der Waals surface area (Å²) in [6.07, 6.45) is 9.26. The van der Waals surface area contributed by atoms with Gasteiger partial charge in [-0.1, -0.05) is 12.8 Å². The Bertz CT molecular complexity index is 636. The number of aromatic nitrogens is 3.